The smallest absolute Gasteiger partial charge is 0.132 e. The third kappa shape index (κ3) is 2.94. The van der Waals surface area contributed by atoms with Gasteiger partial charge in [-0.25, -0.2) is 0 Å². The zero-order valence-corrected chi connectivity index (χ0v) is 14.7. The summed E-state index contributed by atoms with van der Waals surface area (Å²) in [4.78, 5) is 4.39. The number of nitrogens with one attached hydrogen (secondary N) is 1. The Morgan fingerprint density at radius 3 is 2.68 bits per heavy atom. The number of hydrogen-bond acceptors (Lipinski definition) is 4. The Hall–Kier alpha value is -2.92. The van der Waals surface area contributed by atoms with Gasteiger partial charge in [-0.1, -0.05) is 58.4 Å². The lowest BCUT2D eigenvalue weighted by atomic mass is 10.1. The maximum atomic E-state index is 10.5. The maximum Gasteiger partial charge on any atom is 0.132 e. The number of halogens is 1. The van der Waals surface area contributed by atoms with Gasteiger partial charge in [0, 0.05) is 27.0 Å². The van der Waals surface area contributed by atoms with E-state index in [1.807, 2.05) is 60.7 Å². The van der Waals surface area contributed by atoms with E-state index in [0.717, 1.165) is 31.8 Å². The number of hydrogen-bond donors (Lipinski definition) is 2. The number of hydrazone groups is 1. The van der Waals surface area contributed by atoms with Gasteiger partial charge in [-0.2, -0.15) is 5.10 Å². The maximum absolute atomic E-state index is 10.5. The van der Waals surface area contributed by atoms with E-state index in [9.17, 15) is 5.11 Å². The first-order valence-corrected chi connectivity index (χ1v) is 8.56. The number of aromatic nitrogens is 1. The van der Waals surface area contributed by atoms with Crippen LogP contribution in [-0.4, -0.2) is 16.3 Å². The zero-order chi connectivity index (χ0) is 17.2. The predicted molar refractivity (Wildman–Crippen MR) is 106 cm³/mol. The Morgan fingerprint density at radius 1 is 1.00 bits per heavy atom. The zero-order valence-electron chi connectivity index (χ0n) is 13.1. The molecule has 0 aliphatic carbocycles. The van der Waals surface area contributed by atoms with Gasteiger partial charge >= 0.3 is 0 Å². The van der Waals surface area contributed by atoms with Gasteiger partial charge < -0.3 is 5.11 Å². The molecule has 4 rings (SSSR count). The fraction of sp³-hybridized carbons (Fsp3) is 0. The molecule has 1 aromatic heterocycles. The molecule has 4 aromatic rings. The largest absolute Gasteiger partial charge is 0.507 e. The van der Waals surface area contributed by atoms with Crippen molar-refractivity contribution in [1.29, 1.82) is 0 Å². The minimum absolute atomic E-state index is 0.209. The molecule has 0 unspecified atom stereocenters. The summed E-state index contributed by atoms with van der Waals surface area (Å²) in [6.45, 7) is 0. The Morgan fingerprint density at radius 2 is 1.80 bits per heavy atom. The van der Waals surface area contributed by atoms with Gasteiger partial charge in [-0.15, -0.1) is 0 Å². The molecule has 0 radical (unpaired) electrons. The number of fused-ring (bicyclic) bond motifs is 2. The first kappa shape index (κ1) is 15.6. The van der Waals surface area contributed by atoms with Crippen LogP contribution in [0.25, 0.3) is 21.7 Å². The molecule has 1 heterocycles. The highest BCUT2D eigenvalue weighted by Crippen LogP contribution is 2.33. The number of aromatic hydroxyl groups is 1. The molecule has 5 heteroatoms. The van der Waals surface area contributed by atoms with Crippen molar-refractivity contribution in [2.24, 2.45) is 5.10 Å². The molecule has 4 nitrogen and oxygen atoms in total. The van der Waals surface area contributed by atoms with Gasteiger partial charge in [0.1, 0.15) is 5.75 Å². The van der Waals surface area contributed by atoms with Crippen LogP contribution < -0.4 is 5.43 Å². The van der Waals surface area contributed by atoms with Crippen molar-refractivity contribution in [2.45, 2.75) is 0 Å². The number of rotatable bonds is 3. The molecule has 0 atom stereocenters. The normalized spacial score (nSPS) is 11.4. The molecule has 0 aliphatic rings. The topological polar surface area (TPSA) is 57.5 Å². The van der Waals surface area contributed by atoms with Crippen LogP contribution in [0.4, 0.5) is 5.69 Å². The lowest BCUT2D eigenvalue weighted by Gasteiger charge is -2.07. The Kier molecular flexibility index (Phi) is 4.07. The van der Waals surface area contributed by atoms with Crippen molar-refractivity contribution in [3.05, 3.63) is 76.9 Å². The summed E-state index contributed by atoms with van der Waals surface area (Å²) >= 11 is 3.55. The first-order chi connectivity index (χ1) is 12.2. The molecule has 0 saturated carbocycles. The number of benzene rings is 3. The number of phenolic OH excluding ortho intramolecular Hbond substituents is 1. The molecule has 0 aliphatic heterocycles. The van der Waals surface area contributed by atoms with E-state index in [0.29, 0.717) is 5.56 Å². The summed E-state index contributed by atoms with van der Waals surface area (Å²) in [5.74, 6) is 0.209. The first-order valence-electron chi connectivity index (χ1n) is 7.77. The number of pyridine rings is 1. The fourth-order valence-electron chi connectivity index (χ4n) is 2.80. The van der Waals surface area contributed by atoms with Crippen molar-refractivity contribution in [2.75, 3.05) is 5.43 Å². The number of anilines is 1. The summed E-state index contributed by atoms with van der Waals surface area (Å²) in [6.07, 6.45) is 3.36. The second-order valence-corrected chi connectivity index (χ2v) is 6.45. The van der Waals surface area contributed by atoms with Crippen LogP contribution >= 0.6 is 15.9 Å². The second kappa shape index (κ2) is 6.53. The molecular weight excluding hydrogens is 378 g/mol. The van der Waals surface area contributed by atoms with Crippen molar-refractivity contribution in [3.63, 3.8) is 0 Å². The average Bonchev–Trinajstić information content (AvgIpc) is 2.66. The van der Waals surface area contributed by atoms with Crippen LogP contribution in [0.5, 0.6) is 5.75 Å². The molecule has 0 bridgehead atoms. The molecule has 25 heavy (non-hydrogen) atoms. The summed E-state index contributed by atoms with van der Waals surface area (Å²) in [6, 6.07) is 19.3. The Bertz CT molecular complexity index is 1100. The summed E-state index contributed by atoms with van der Waals surface area (Å²) in [5, 5.41) is 17.6. The number of phenols is 1. The summed E-state index contributed by atoms with van der Waals surface area (Å²) in [7, 11) is 0. The van der Waals surface area contributed by atoms with Crippen LogP contribution in [-0.2, 0) is 0 Å². The highest BCUT2D eigenvalue weighted by molar-refractivity contribution is 9.10. The minimum Gasteiger partial charge on any atom is -0.507 e. The Labute approximate surface area is 153 Å². The molecule has 0 amide bonds. The van der Waals surface area contributed by atoms with Gasteiger partial charge in [-0.05, 0) is 23.6 Å². The van der Waals surface area contributed by atoms with E-state index in [1.165, 1.54) is 0 Å². The van der Waals surface area contributed by atoms with Crippen molar-refractivity contribution in [3.8, 4) is 5.75 Å². The Balaban J connectivity index is 1.68. The van der Waals surface area contributed by atoms with Gasteiger partial charge in [-0.3, -0.25) is 10.4 Å². The molecule has 0 fully saturated rings. The SMILES string of the molecule is Oc1c(/C=N\Nc2cccc3cccnc23)cc(Br)c2ccccc12. The number of nitrogens with zero attached hydrogens (tertiary/aromatic N) is 2. The molecule has 3 aromatic carbocycles. The summed E-state index contributed by atoms with van der Waals surface area (Å²) < 4.78 is 0.911. The van der Waals surface area contributed by atoms with Crippen LogP contribution in [0.2, 0.25) is 0 Å². The van der Waals surface area contributed by atoms with Crippen molar-refractivity contribution in [1.82, 2.24) is 4.98 Å². The van der Waals surface area contributed by atoms with E-state index in [-0.39, 0.29) is 5.75 Å². The molecule has 0 spiro atoms. The highest BCUT2D eigenvalue weighted by atomic mass is 79.9. The molecule has 2 N–H and O–H groups in total. The third-order valence-electron chi connectivity index (χ3n) is 4.02. The predicted octanol–water partition coefficient (Wildman–Crippen LogP) is 5.30. The average molecular weight is 392 g/mol. The fourth-order valence-corrected chi connectivity index (χ4v) is 3.39. The molecule has 0 saturated heterocycles. The van der Waals surface area contributed by atoms with E-state index in [1.54, 1.807) is 12.4 Å². The van der Waals surface area contributed by atoms with Gasteiger partial charge in [0.25, 0.3) is 0 Å². The van der Waals surface area contributed by atoms with E-state index < -0.39 is 0 Å². The highest BCUT2D eigenvalue weighted by Gasteiger charge is 2.08. The standard InChI is InChI=1S/C20H14BrN3O/c21-17-11-14(20(25)16-8-2-1-7-15(16)17)12-23-24-18-9-3-5-13-6-4-10-22-19(13)18/h1-12,24-25H/b23-12-. The third-order valence-corrected chi connectivity index (χ3v) is 4.67. The lowest BCUT2D eigenvalue weighted by Crippen LogP contribution is -1.94. The van der Waals surface area contributed by atoms with Gasteiger partial charge in [0.2, 0.25) is 0 Å². The number of para-hydroxylation sites is 1. The molecule has 122 valence electrons. The van der Waals surface area contributed by atoms with Crippen LogP contribution in [0.3, 0.4) is 0 Å². The monoisotopic (exact) mass is 391 g/mol. The van der Waals surface area contributed by atoms with Gasteiger partial charge in [0.05, 0.1) is 17.4 Å². The van der Waals surface area contributed by atoms with Crippen molar-refractivity contribution < 1.29 is 5.11 Å². The summed E-state index contributed by atoms with van der Waals surface area (Å²) in [5.41, 5.74) is 5.31. The van der Waals surface area contributed by atoms with Gasteiger partial charge in [0.15, 0.2) is 0 Å². The van der Waals surface area contributed by atoms with E-state index >= 15 is 0 Å². The minimum atomic E-state index is 0.209. The molecular formula is C20H14BrN3O. The van der Waals surface area contributed by atoms with Crippen LogP contribution in [0.15, 0.2) is 76.4 Å². The second-order valence-electron chi connectivity index (χ2n) is 5.59. The lowest BCUT2D eigenvalue weighted by molar-refractivity contribution is 0.481. The van der Waals surface area contributed by atoms with E-state index in [2.05, 4.69) is 31.4 Å². The quantitative estimate of drug-likeness (QED) is 0.367. The van der Waals surface area contributed by atoms with Crippen LogP contribution in [0, 0.1) is 0 Å². The van der Waals surface area contributed by atoms with Crippen molar-refractivity contribution >= 4 is 49.5 Å². The van der Waals surface area contributed by atoms with E-state index in [4.69, 9.17) is 0 Å². The van der Waals surface area contributed by atoms with Crippen LogP contribution in [0.1, 0.15) is 5.56 Å².